The molecule has 1 rings (SSSR count). The lowest BCUT2D eigenvalue weighted by molar-refractivity contribution is 0.835. The number of nitrogens with one attached hydrogen (secondary N) is 1. The second-order valence-electron chi connectivity index (χ2n) is 3.59. The topological polar surface area (TPSA) is 63.3 Å². The number of thioether (sulfide) groups is 1. The summed E-state index contributed by atoms with van der Waals surface area (Å²) in [7, 11) is 0. The first-order valence-corrected chi connectivity index (χ1v) is 7.25. The van der Waals surface area contributed by atoms with Crippen LogP contribution in [0.1, 0.15) is 13.3 Å². The Morgan fingerprint density at radius 3 is 3.18 bits per heavy atom. The van der Waals surface area contributed by atoms with Gasteiger partial charge in [0.1, 0.15) is 4.34 Å². The lowest BCUT2D eigenvalue weighted by Gasteiger charge is -2.04. The van der Waals surface area contributed by atoms with Crippen molar-refractivity contribution in [2.45, 2.75) is 17.7 Å². The predicted octanol–water partition coefficient (Wildman–Crippen LogP) is 2.11. The Morgan fingerprint density at radius 1 is 1.71 bits per heavy atom. The third-order valence-corrected chi connectivity index (χ3v) is 3.83. The van der Waals surface area contributed by atoms with Crippen molar-refractivity contribution in [3.8, 4) is 0 Å². The van der Waals surface area contributed by atoms with Gasteiger partial charge in [0.05, 0.1) is 6.54 Å². The number of rotatable bonds is 7. The Bertz CT molecular complexity index is 360. The van der Waals surface area contributed by atoms with Gasteiger partial charge in [-0.25, -0.2) is 9.98 Å². The van der Waals surface area contributed by atoms with Crippen LogP contribution in [0.3, 0.4) is 0 Å². The Balaban J connectivity index is 2.04. The maximum atomic E-state index is 5.68. The fourth-order valence-corrected chi connectivity index (χ4v) is 2.65. The molecular formula is C11H18N4S2. The highest BCUT2D eigenvalue weighted by molar-refractivity contribution is 8.00. The number of nitrogens with two attached hydrogens (primary N) is 1. The zero-order valence-corrected chi connectivity index (χ0v) is 11.6. The predicted molar refractivity (Wildman–Crippen MR) is 76.8 cm³/mol. The number of thiazole rings is 1. The fraction of sp³-hybridized carbons (Fsp3) is 0.455. The maximum absolute atomic E-state index is 5.68. The molecule has 0 spiro atoms. The number of aliphatic imine (C=N–C) groups is 1. The third-order valence-electron chi connectivity index (χ3n) is 1.78. The molecule has 0 aliphatic rings. The van der Waals surface area contributed by atoms with E-state index in [-0.39, 0.29) is 0 Å². The number of hydrogen-bond acceptors (Lipinski definition) is 4. The van der Waals surface area contributed by atoms with Gasteiger partial charge in [-0.3, -0.25) is 0 Å². The molecular weight excluding hydrogens is 252 g/mol. The molecule has 0 aliphatic heterocycles. The summed E-state index contributed by atoms with van der Waals surface area (Å²) in [6, 6.07) is 0. The molecule has 3 N–H and O–H groups in total. The molecule has 0 aliphatic carbocycles. The Morgan fingerprint density at radius 2 is 2.53 bits per heavy atom. The molecule has 0 atom stereocenters. The van der Waals surface area contributed by atoms with Crippen molar-refractivity contribution in [1.82, 2.24) is 10.3 Å². The largest absolute Gasteiger partial charge is 0.370 e. The fourth-order valence-electron chi connectivity index (χ4n) is 1.01. The highest BCUT2D eigenvalue weighted by Gasteiger charge is 1.96. The molecule has 0 amide bonds. The molecule has 94 valence electrons. The summed E-state index contributed by atoms with van der Waals surface area (Å²) >= 11 is 3.44. The lowest BCUT2D eigenvalue weighted by atomic mass is 10.4. The minimum Gasteiger partial charge on any atom is -0.370 e. The first kappa shape index (κ1) is 14.1. The van der Waals surface area contributed by atoms with E-state index < -0.39 is 0 Å². The smallest absolute Gasteiger partial charge is 0.188 e. The van der Waals surface area contributed by atoms with Crippen LogP contribution >= 0.6 is 23.1 Å². The molecule has 1 aromatic rings. The summed E-state index contributed by atoms with van der Waals surface area (Å²) in [5.41, 5.74) is 6.69. The molecule has 0 aromatic carbocycles. The minimum absolute atomic E-state index is 0.493. The highest BCUT2D eigenvalue weighted by atomic mass is 32.2. The second-order valence-corrected chi connectivity index (χ2v) is 5.82. The molecule has 17 heavy (non-hydrogen) atoms. The number of guanidine groups is 1. The summed E-state index contributed by atoms with van der Waals surface area (Å²) in [4.78, 5) is 8.34. The summed E-state index contributed by atoms with van der Waals surface area (Å²) < 4.78 is 1.12. The SMILES string of the molecule is C=C(C)CN=C(N)NCCCSc1nccs1. The van der Waals surface area contributed by atoms with Crippen molar-refractivity contribution in [2.75, 3.05) is 18.8 Å². The zero-order valence-electron chi connectivity index (χ0n) is 9.98. The van der Waals surface area contributed by atoms with Gasteiger partial charge in [0.25, 0.3) is 0 Å². The normalized spacial score (nSPS) is 11.5. The first-order chi connectivity index (χ1) is 8.18. The van der Waals surface area contributed by atoms with E-state index in [0.717, 1.165) is 28.6 Å². The van der Waals surface area contributed by atoms with Gasteiger partial charge in [0.15, 0.2) is 5.96 Å². The number of hydrogen-bond donors (Lipinski definition) is 2. The van der Waals surface area contributed by atoms with E-state index >= 15 is 0 Å². The van der Waals surface area contributed by atoms with E-state index in [1.807, 2.05) is 18.5 Å². The average molecular weight is 270 g/mol. The molecule has 0 unspecified atom stereocenters. The van der Waals surface area contributed by atoms with Gasteiger partial charge in [0.2, 0.25) is 0 Å². The Kier molecular flexibility index (Phi) is 6.73. The molecule has 0 fully saturated rings. The van der Waals surface area contributed by atoms with E-state index in [1.165, 1.54) is 0 Å². The minimum atomic E-state index is 0.493. The van der Waals surface area contributed by atoms with E-state index in [4.69, 9.17) is 5.73 Å². The zero-order chi connectivity index (χ0) is 12.5. The molecule has 0 bridgehead atoms. The van der Waals surface area contributed by atoms with Crippen LogP contribution in [0.15, 0.2) is 33.1 Å². The van der Waals surface area contributed by atoms with Gasteiger partial charge in [-0.05, 0) is 13.3 Å². The third kappa shape index (κ3) is 7.01. The van der Waals surface area contributed by atoms with Crippen LogP contribution in [0.5, 0.6) is 0 Å². The molecule has 4 nitrogen and oxygen atoms in total. The Labute approximate surface area is 110 Å². The Hall–Kier alpha value is -1.01. The first-order valence-electron chi connectivity index (χ1n) is 5.39. The number of aromatic nitrogens is 1. The van der Waals surface area contributed by atoms with Crippen LogP contribution in [-0.4, -0.2) is 29.8 Å². The summed E-state index contributed by atoms with van der Waals surface area (Å²) in [6.07, 6.45) is 2.86. The lowest BCUT2D eigenvalue weighted by Crippen LogP contribution is -2.32. The van der Waals surface area contributed by atoms with Crippen molar-refractivity contribution in [3.63, 3.8) is 0 Å². The van der Waals surface area contributed by atoms with Crippen molar-refractivity contribution >= 4 is 29.1 Å². The van der Waals surface area contributed by atoms with Gasteiger partial charge >= 0.3 is 0 Å². The molecule has 0 saturated carbocycles. The van der Waals surface area contributed by atoms with Gasteiger partial charge in [0, 0.05) is 23.9 Å². The van der Waals surface area contributed by atoms with Crippen LogP contribution in [-0.2, 0) is 0 Å². The second kappa shape index (κ2) is 8.14. The number of nitrogens with zero attached hydrogens (tertiary/aromatic N) is 2. The van der Waals surface area contributed by atoms with Gasteiger partial charge in [-0.1, -0.05) is 23.9 Å². The monoisotopic (exact) mass is 270 g/mol. The molecule has 6 heteroatoms. The van der Waals surface area contributed by atoms with E-state index in [2.05, 4.69) is 21.9 Å². The van der Waals surface area contributed by atoms with Crippen LogP contribution in [0.2, 0.25) is 0 Å². The van der Waals surface area contributed by atoms with Crippen LogP contribution in [0, 0.1) is 0 Å². The molecule has 0 radical (unpaired) electrons. The molecule has 1 heterocycles. The maximum Gasteiger partial charge on any atom is 0.188 e. The standard InChI is InChI=1S/C11H18N4S2/c1-9(2)8-15-10(12)13-4-3-6-16-11-14-5-7-17-11/h5,7H,1,3-4,6,8H2,2H3,(H3,12,13,15). The quantitative estimate of drug-likeness (QED) is 0.262. The van der Waals surface area contributed by atoms with Crippen molar-refractivity contribution < 1.29 is 0 Å². The van der Waals surface area contributed by atoms with Gasteiger partial charge in [-0.15, -0.1) is 11.3 Å². The van der Waals surface area contributed by atoms with Crippen LogP contribution < -0.4 is 11.1 Å². The summed E-state index contributed by atoms with van der Waals surface area (Å²) in [5, 5.41) is 5.06. The van der Waals surface area contributed by atoms with Crippen molar-refractivity contribution in [3.05, 3.63) is 23.7 Å². The van der Waals surface area contributed by atoms with Gasteiger partial charge < -0.3 is 11.1 Å². The highest BCUT2D eigenvalue weighted by Crippen LogP contribution is 2.20. The van der Waals surface area contributed by atoms with E-state index in [9.17, 15) is 0 Å². The van der Waals surface area contributed by atoms with Crippen LogP contribution in [0.4, 0.5) is 0 Å². The molecule has 0 saturated heterocycles. The van der Waals surface area contributed by atoms with E-state index in [1.54, 1.807) is 23.1 Å². The van der Waals surface area contributed by atoms with E-state index in [0.29, 0.717) is 12.5 Å². The molecule has 1 aromatic heterocycles. The van der Waals surface area contributed by atoms with Crippen molar-refractivity contribution in [1.29, 1.82) is 0 Å². The summed E-state index contributed by atoms with van der Waals surface area (Å²) in [6.45, 7) is 7.12. The summed E-state index contributed by atoms with van der Waals surface area (Å²) in [5.74, 6) is 1.53. The van der Waals surface area contributed by atoms with Crippen LogP contribution in [0.25, 0.3) is 0 Å². The van der Waals surface area contributed by atoms with Crippen molar-refractivity contribution in [2.24, 2.45) is 10.7 Å². The van der Waals surface area contributed by atoms with Gasteiger partial charge in [-0.2, -0.15) is 0 Å². The average Bonchev–Trinajstić information content (AvgIpc) is 2.79.